The number of carbonyl (C=O) groups is 1. The summed E-state index contributed by atoms with van der Waals surface area (Å²) < 4.78 is 0. The highest BCUT2D eigenvalue weighted by atomic mass is 16.2. The Hall–Kier alpha value is -0.610. The van der Waals surface area contributed by atoms with Gasteiger partial charge in [0.1, 0.15) is 0 Å². The Balaban J connectivity index is 1.99. The molecule has 1 saturated heterocycles. The van der Waals surface area contributed by atoms with Crippen LogP contribution in [-0.2, 0) is 4.79 Å². The Labute approximate surface area is 84.8 Å². The average molecular weight is 197 g/mol. The van der Waals surface area contributed by atoms with E-state index in [2.05, 4.69) is 10.2 Å². The van der Waals surface area contributed by atoms with Gasteiger partial charge in [-0.25, -0.2) is 0 Å². The first-order valence-corrected chi connectivity index (χ1v) is 5.47. The maximum atomic E-state index is 11.5. The van der Waals surface area contributed by atoms with Gasteiger partial charge >= 0.3 is 0 Å². The molecule has 0 spiro atoms. The van der Waals surface area contributed by atoms with Crippen molar-refractivity contribution in [2.45, 2.75) is 44.3 Å². The minimum absolute atomic E-state index is 0.0269. The molecule has 3 N–H and O–H groups in total. The number of nitrogens with one attached hydrogen (secondary N) is 1. The minimum Gasteiger partial charge on any atom is -0.353 e. The number of nitrogens with two attached hydrogens (primary N) is 1. The van der Waals surface area contributed by atoms with Crippen LogP contribution in [0.5, 0.6) is 0 Å². The average Bonchev–Trinajstić information content (AvgIpc) is 2.57. The molecule has 0 aromatic heterocycles. The number of rotatable bonds is 1. The lowest BCUT2D eigenvalue weighted by molar-refractivity contribution is -0.129. The summed E-state index contributed by atoms with van der Waals surface area (Å²) in [6.07, 6.45) is 3.31. The van der Waals surface area contributed by atoms with Crippen LogP contribution >= 0.6 is 0 Å². The number of piperazine rings is 1. The predicted molar refractivity (Wildman–Crippen MR) is 54.8 cm³/mol. The highest BCUT2D eigenvalue weighted by molar-refractivity contribution is 5.82. The van der Waals surface area contributed by atoms with Crippen molar-refractivity contribution >= 4 is 5.91 Å². The number of nitrogens with zero attached hydrogens (tertiary/aromatic N) is 1. The molecular formula is C10H19N3O. The monoisotopic (exact) mass is 197 g/mol. The summed E-state index contributed by atoms with van der Waals surface area (Å²) >= 11 is 0. The predicted octanol–water partition coefficient (Wildman–Crippen LogP) is -0.313. The van der Waals surface area contributed by atoms with Crippen molar-refractivity contribution in [3.8, 4) is 0 Å². The van der Waals surface area contributed by atoms with Crippen molar-refractivity contribution in [3.63, 3.8) is 0 Å². The van der Waals surface area contributed by atoms with Gasteiger partial charge in [-0.2, -0.15) is 0 Å². The Morgan fingerprint density at radius 2 is 2.29 bits per heavy atom. The number of hydrogen-bond donors (Lipinski definition) is 2. The molecule has 1 heterocycles. The largest absolute Gasteiger partial charge is 0.353 e. The van der Waals surface area contributed by atoms with Gasteiger partial charge in [0, 0.05) is 25.2 Å². The van der Waals surface area contributed by atoms with E-state index in [4.69, 9.17) is 5.73 Å². The quantitative estimate of drug-likeness (QED) is 0.606. The van der Waals surface area contributed by atoms with Gasteiger partial charge in [-0.05, 0) is 26.2 Å². The fraction of sp³-hybridized carbons (Fsp3) is 0.900. The van der Waals surface area contributed by atoms with Gasteiger partial charge in [-0.3, -0.25) is 9.69 Å². The van der Waals surface area contributed by atoms with Crippen molar-refractivity contribution in [3.05, 3.63) is 0 Å². The van der Waals surface area contributed by atoms with E-state index in [9.17, 15) is 4.79 Å². The lowest BCUT2D eigenvalue weighted by atomic mass is 10.1. The molecule has 2 aliphatic rings. The summed E-state index contributed by atoms with van der Waals surface area (Å²) in [7, 11) is 0. The molecule has 0 aromatic rings. The van der Waals surface area contributed by atoms with Crippen LogP contribution in [0.3, 0.4) is 0 Å². The van der Waals surface area contributed by atoms with Crippen LogP contribution in [0.2, 0.25) is 0 Å². The second-order valence-corrected chi connectivity index (χ2v) is 4.43. The minimum atomic E-state index is 0.0269. The van der Waals surface area contributed by atoms with E-state index in [1.807, 2.05) is 6.92 Å². The van der Waals surface area contributed by atoms with Gasteiger partial charge < -0.3 is 11.1 Å². The fourth-order valence-electron chi connectivity index (χ4n) is 2.59. The van der Waals surface area contributed by atoms with Gasteiger partial charge in [0.15, 0.2) is 0 Å². The van der Waals surface area contributed by atoms with E-state index in [1.165, 1.54) is 0 Å². The lowest BCUT2D eigenvalue weighted by Crippen LogP contribution is -2.56. The maximum absolute atomic E-state index is 11.5. The van der Waals surface area contributed by atoms with Gasteiger partial charge in [-0.1, -0.05) is 0 Å². The number of amides is 1. The van der Waals surface area contributed by atoms with Crippen molar-refractivity contribution in [2.24, 2.45) is 5.73 Å². The van der Waals surface area contributed by atoms with E-state index in [0.717, 1.165) is 32.4 Å². The van der Waals surface area contributed by atoms with Crippen LogP contribution in [0.25, 0.3) is 0 Å². The summed E-state index contributed by atoms with van der Waals surface area (Å²) in [6, 6.07) is 0.905. The smallest absolute Gasteiger partial charge is 0.237 e. The van der Waals surface area contributed by atoms with E-state index in [1.54, 1.807) is 0 Å². The van der Waals surface area contributed by atoms with E-state index in [-0.39, 0.29) is 11.9 Å². The second-order valence-electron chi connectivity index (χ2n) is 4.43. The standard InChI is InChI=1S/C10H19N3O/c1-7-10(14)12-4-5-13(7)9-3-2-8(11)6-9/h7-9H,2-6,11H2,1H3,(H,12,14). The Morgan fingerprint density at radius 3 is 2.93 bits per heavy atom. The van der Waals surface area contributed by atoms with Crippen molar-refractivity contribution in [1.82, 2.24) is 10.2 Å². The Kier molecular flexibility index (Phi) is 2.74. The lowest BCUT2D eigenvalue weighted by Gasteiger charge is -2.37. The topological polar surface area (TPSA) is 58.4 Å². The fourth-order valence-corrected chi connectivity index (χ4v) is 2.59. The summed E-state index contributed by atoms with van der Waals surface area (Å²) in [4.78, 5) is 13.8. The zero-order valence-corrected chi connectivity index (χ0v) is 8.70. The molecule has 14 heavy (non-hydrogen) atoms. The van der Waals surface area contributed by atoms with Crippen molar-refractivity contribution in [1.29, 1.82) is 0 Å². The molecular weight excluding hydrogens is 178 g/mol. The SMILES string of the molecule is CC1C(=O)NCCN1C1CCC(N)C1. The first-order chi connectivity index (χ1) is 6.68. The van der Waals surface area contributed by atoms with Crippen molar-refractivity contribution < 1.29 is 4.79 Å². The molecule has 2 rings (SSSR count). The number of carbonyl (C=O) groups excluding carboxylic acids is 1. The Bertz CT molecular complexity index is 231. The molecule has 2 fully saturated rings. The first-order valence-electron chi connectivity index (χ1n) is 5.47. The zero-order valence-electron chi connectivity index (χ0n) is 8.70. The summed E-state index contributed by atoms with van der Waals surface area (Å²) in [5, 5.41) is 2.88. The normalized spacial score (nSPS) is 39.9. The highest BCUT2D eigenvalue weighted by Gasteiger charge is 2.34. The molecule has 1 aliphatic heterocycles. The summed E-state index contributed by atoms with van der Waals surface area (Å²) in [6.45, 7) is 3.75. The van der Waals surface area contributed by atoms with Gasteiger partial charge in [0.05, 0.1) is 6.04 Å². The van der Waals surface area contributed by atoms with E-state index < -0.39 is 0 Å². The molecule has 1 amide bonds. The first kappa shape index (κ1) is 9.93. The molecule has 80 valence electrons. The third-order valence-corrected chi connectivity index (χ3v) is 3.46. The molecule has 4 nitrogen and oxygen atoms in total. The Morgan fingerprint density at radius 1 is 1.50 bits per heavy atom. The summed E-state index contributed by atoms with van der Waals surface area (Å²) in [5.41, 5.74) is 5.88. The summed E-state index contributed by atoms with van der Waals surface area (Å²) in [5.74, 6) is 0.164. The molecule has 0 radical (unpaired) electrons. The third kappa shape index (κ3) is 1.77. The molecule has 1 aliphatic carbocycles. The molecule has 4 heteroatoms. The zero-order chi connectivity index (χ0) is 10.1. The van der Waals surface area contributed by atoms with E-state index >= 15 is 0 Å². The highest BCUT2D eigenvalue weighted by Crippen LogP contribution is 2.25. The van der Waals surface area contributed by atoms with E-state index in [0.29, 0.717) is 12.1 Å². The van der Waals surface area contributed by atoms with Crippen LogP contribution in [0.1, 0.15) is 26.2 Å². The van der Waals surface area contributed by atoms with Crippen LogP contribution in [0.15, 0.2) is 0 Å². The molecule has 0 bridgehead atoms. The van der Waals surface area contributed by atoms with Crippen LogP contribution in [0, 0.1) is 0 Å². The van der Waals surface area contributed by atoms with Crippen LogP contribution in [-0.4, -0.2) is 42.0 Å². The molecule has 1 saturated carbocycles. The molecule has 3 unspecified atom stereocenters. The van der Waals surface area contributed by atoms with Gasteiger partial charge in [0.2, 0.25) is 5.91 Å². The number of hydrogen-bond acceptors (Lipinski definition) is 3. The second kappa shape index (κ2) is 3.87. The van der Waals surface area contributed by atoms with Crippen LogP contribution < -0.4 is 11.1 Å². The molecule has 0 aromatic carbocycles. The maximum Gasteiger partial charge on any atom is 0.237 e. The van der Waals surface area contributed by atoms with Gasteiger partial charge in [-0.15, -0.1) is 0 Å². The van der Waals surface area contributed by atoms with Crippen molar-refractivity contribution in [2.75, 3.05) is 13.1 Å². The molecule has 3 atom stereocenters. The third-order valence-electron chi connectivity index (χ3n) is 3.46. The van der Waals surface area contributed by atoms with Crippen LogP contribution in [0.4, 0.5) is 0 Å². The van der Waals surface area contributed by atoms with Gasteiger partial charge in [0.25, 0.3) is 0 Å².